The molecule has 2 saturated heterocycles. The average Bonchev–Trinajstić information content (AvgIpc) is 3.02. The van der Waals surface area contributed by atoms with Gasteiger partial charge in [-0.2, -0.15) is 0 Å². The van der Waals surface area contributed by atoms with Crippen molar-refractivity contribution in [3.8, 4) is 0 Å². The highest BCUT2D eigenvalue weighted by atomic mass is 32.2. The summed E-state index contributed by atoms with van der Waals surface area (Å²) in [5.74, 6) is 0.0176. The molecule has 180 valence electrons. The fraction of sp³-hybridized carbons (Fsp3) is 0.308. The third-order valence-corrected chi connectivity index (χ3v) is 7.67. The molecule has 9 heteroatoms. The van der Waals surface area contributed by atoms with Gasteiger partial charge >= 0.3 is 0 Å². The molecule has 0 atom stereocenters. The second-order valence-electron chi connectivity index (χ2n) is 8.88. The monoisotopic (exact) mass is 508 g/mol. The summed E-state index contributed by atoms with van der Waals surface area (Å²) in [5.41, 5.74) is 2.50. The van der Waals surface area contributed by atoms with E-state index >= 15 is 0 Å². The number of anilines is 1. The van der Waals surface area contributed by atoms with Gasteiger partial charge in [0.25, 0.3) is 11.5 Å². The first-order chi connectivity index (χ1) is 16.9. The van der Waals surface area contributed by atoms with Gasteiger partial charge in [-0.1, -0.05) is 55.0 Å². The van der Waals surface area contributed by atoms with Crippen LogP contribution < -0.4 is 10.5 Å². The standard InChI is InChI=1S/C26H25FN4O2S2/c1-17-6-11-22-28-23(29-12-4-2-3-5-13-29)20(24(32)30(22)15-17)14-21-25(33)31(26(34)35-21)16-18-7-9-19(27)10-8-18/h6-11,14-15H,2-5,12-13,16H2,1H3/b21-14+. The molecule has 1 aromatic carbocycles. The molecule has 3 aromatic rings. The lowest BCUT2D eigenvalue weighted by molar-refractivity contribution is -0.122. The molecule has 0 saturated carbocycles. The number of aromatic nitrogens is 2. The second-order valence-corrected chi connectivity index (χ2v) is 10.6. The van der Waals surface area contributed by atoms with E-state index in [0.29, 0.717) is 26.3 Å². The third kappa shape index (κ3) is 4.88. The van der Waals surface area contributed by atoms with Crippen molar-refractivity contribution in [2.24, 2.45) is 0 Å². The Hall–Kier alpha value is -3.04. The van der Waals surface area contributed by atoms with Gasteiger partial charge in [0, 0.05) is 19.3 Å². The predicted octanol–water partition coefficient (Wildman–Crippen LogP) is 4.92. The maximum absolute atomic E-state index is 13.7. The van der Waals surface area contributed by atoms with Crippen LogP contribution in [-0.4, -0.2) is 37.6 Å². The highest BCUT2D eigenvalue weighted by molar-refractivity contribution is 8.26. The van der Waals surface area contributed by atoms with Crippen LogP contribution in [0.2, 0.25) is 0 Å². The molecule has 2 aromatic heterocycles. The summed E-state index contributed by atoms with van der Waals surface area (Å²) >= 11 is 6.66. The van der Waals surface area contributed by atoms with Crippen LogP contribution >= 0.6 is 24.0 Å². The molecule has 2 aliphatic heterocycles. The molecule has 0 N–H and O–H groups in total. The van der Waals surface area contributed by atoms with Crippen LogP contribution in [0.25, 0.3) is 11.7 Å². The van der Waals surface area contributed by atoms with Crippen LogP contribution in [0.1, 0.15) is 42.4 Å². The fourth-order valence-corrected chi connectivity index (χ4v) is 5.67. The van der Waals surface area contributed by atoms with Gasteiger partial charge in [0.05, 0.1) is 17.0 Å². The summed E-state index contributed by atoms with van der Waals surface area (Å²) in [5, 5.41) is 0. The van der Waals surface area contributed by atoms with Crippen molar-refractivity contribution in [1.29, 1.82) is 0 Å². The van der Waals surface area contributed by atoms with Crippen LogP contribution in [0.4, 0.5) is 10.2 Å². The second kappa shape index (κ2) is 9.91. The molecule has 0 bridgehead atoms. The van der Waals surface area contributed by atoms with E-state index in [4.69, 9.17) is 17.2 Å². The topological polar surface area (TPSA) is 57.9 Å². The molecule has 0 unspecified atom stereocenters. The Labute approximate surface area is 212 Å². The quantitative estimate of drug-likeness (QED) is 0.368. The Bertz CT molecular complexity index is 1390. The number of halogens is 1. The van der Waals surface area contributed by atoms with Crippen molar-refractivity contribution in [3.05, 3.63) is 80.4 Å². The first kappa shape index (κ1) is 23.7. The number of hydrogen-bond donors (Lipinski definition) is 0. The van der Waals surface area contributed by atoms with Crippen molar-refractivity contribution in [2.75, 3.05) is 18.0 Å². The van der Waals surface area contributed by atoms with Gasteiger partial charge in [0.1, 0.15) is 21.6 Å². The SMILES string of the molecule is Cc1ccc2nc(N3CCCCCC3)c(/C=C3/SC(=S)N(Cc4ccc(F)cc4)C3=O)c(=O)n2c1. The number of hydrogen-bond acceptors (Lipinski definition) is 6. The summed E-state index contributed by atoms with van der Waals surface area (Å²) in [6.07, 6.45) is 7.80. The average molecular weight is 509 g/mol. The number of aryl methyl sites for hydroxylation is 1. The van der Waals surface area contributed by atoms with Gasteiger partial charge in [-0.3, -0.25) is 18.9 Å². The number of carbonyl (C=O) groups excluding carboxylic acids is 1. The smallest absolute Gasteiger partial charge is 0.267 e. The van der Waals surface area contributed by atoms with E-state index < -0.39 is 0 Å². The zero-order valence-corrected chi connectivity index (χ0v) is 21.0. The fourth-order valence-electron chi connectivity index (χ4n) is 4.44. The number of carbonyl (C=O) groups is 1. The minimum Gasteiger partial charge on any atom is -0.356 e. The maximum atomic E-state index is 13.7. The summed E-state index contributed by atoms with van der Waals surface area (Å²) in [7, 11) is 0. The summed E-state index contributed by atoms with van der Waals surface area (Å²) < 4.78 is 15.2. The lowest BCUT2D eigenvalue weighted by atomic mass is 10.2. The van der Waals surface area contributed by atoms with Crippen molar-refractivity contribution in [1.82, 2.24) is 14.3 Å². The molecule has 4 heterocycles. The van der Waals surface area contributed by atoms with Crippen LogP contribution in [-0.2, 0) is 11.3 Å². The lowest BCUT2D eigenvalue weighted by Crippen LogP contribution is -2.30. The van der Waals surface area contributed by atoms with Gasteiger partial charge in [-0.15, -0.1) is 0 Å². The summed E-state index contributed by atoms with van der Waals surface area (Å²) in [6.45, 7) is 3.81. The van der Waals surface area contributed by atoms with Crippen molar-refractivity contribution in [3.63, 3.8) is 0 Å². The number of amides is 1. The molecule has 35 heavy (non-hydrogen) atoms. The molecule has 0 aliphatic carbocycles. The molecular formula is C26H25FN4O2S2. The van der Waals surface area contributed by atoms with Crippen molar-refractivity contribution >= 4 is 51.7 Å². The third-order valence-electron chi connectivity index (χ3n) is 6.29. The minimum atomic E-state index is -0.334. The normalized spacial score (nSPS) is 18.1. The van der Waals surface area contributed by atoms with Gasteiger partial charge in [0.2, 0.25) is 0 Å². The molecule has 0 radical (unpaired) electrons. The number of thioether (sulfide) groups is 1. The van der Waals surface area contributed by atoms with E-state index in [-0.39, 0.29) is 23.8 Å². The van der Waals surface area contributed by atoms with E-state index in [0.717, 1.165) is 49.9 Å². The van der Waals surface area contributed by atoms with E-state index in [1.165, 1.54) is 28.8 Å². The zero-order valence-electron chi connectivity index (χ0n) is 19.4. The van der Waals surface area contributed by atoms with Crippen molar-refractivity contribution < 1.29 is 9.18 Å². The number of fused-ring (bicyclic) bond motifs is 1. The number of benzene rings is 1. The molecular weight excluding hydrogens is 483 g/mol. The maximum Gasteiger partial charge on any atom is 0.267 e. The number of thiocarbonyl (C=S) groups is 1. The molecule has 6 nitrogen and oxygen atoms in total. The Kier molecular flexibility index (Phi) is 6.71. The Balaban J connectivity index is 1.56. The van der Waals surface area contributed by atoms with Gasteiger partial charge in [-0.25, -0.2) is 9.37 Å². The first-order valence-corrected chi connectivity index (χ1v) is 12.9. The first-order valence-electron chi connectivity index (χ1n) is 11.7. The van der Waals surface area contributed by atoms with Crippen LogP contribution in [0, 0.1) is 12.7 Å². The lowest BCUT2D eigenvalue weighted by Gasteiger charge is -2.23. The highest BCUT2D eigenvalue weighted by Gasteiger charge is 2.33. The number of nitrogens with zero attached hydrogens (tertiary/aromatic N) is 4. The van der Waals surface area contributed by atoms with E-state index in [1.807, 2.05) is 19.1 Å². The van der Waals surface area contributed by atoms with Crippen LogP contribution in [0.15, 0.2) is 52.3 Å². The predicted molar refractivity (Wildman–Crippen MR) is 142 cm³/mol. The van der Waals surface area contributed by atoms with Crippen LogP contribution in [0.3, 0.4) is 0 Å². The Morgan fingerprint density at radius 3 is 2.49 bits per heavy atom. The number of pyridine rings is 1. The Morgan fingerprint density at radius 2 is 1.77 bits per heavy atom. The molecule has 0 spiro atoms. The van der Waals surface area contributed by atoms with Gasteiger partial charge in [0.15, 0.2) is 0 Å². The highest BCUT2D eigenvalue weighted by Crippen LogP contribution is 2.34. The van der Waals surface area contributed by atoms with E-state index in [1.54, 1.807) is 28.8 Å². The minimum absolute atomic E-state index is 0.207. The molecule has 2 aliphatic rings. The molecule has 2 fully saturated rings. The van der Waals surface area contributed by atoms with Crippen LogP contribution in [0.5, 0.6) is 0 Å². The zero-order chi connectivity index (χ0) is 24.5. The molecule has 5 rings (SSSR count). The summed E-state index contributed by atoms with van der Waals surface area (Å²) in [4.78, 5) is 35.9. The van der Waals surface area contributed by atoms with Crippen molar-refractivity contribution in [2.45, 2.75) is 39.2 Å². The molecule has 1 amide bonds. The summed E-state index contributed by atoms with van der Waals surface area (Å²) in [6, 6.07) is 9.78. The largest absolute Gasteiger partial charge is 0.356 e. The Morgan fingerprint density at radius 1 is 1.06 bits per heavy atom. The van der Waals surface area contributed by atoms with Gasteiger partial charge in [-0.05, 0) is 55.2 Å². The van der Waals surface area contributed by atoms with Gasteiger partial charge < -0.3 is 4.90 Å². The van der Waals surface area contributed by atoms with E-state index in [2.05, 4.69) is 4.90 Å². The van der Waals surface area contributed by atoms with E-state index in [9.17, 15) is 14.0 Å². The number of rotatable bonds is 4.